The highest BCUT2D eigenvalue weighted by molar-refractivity contribution is 5.77. The highest BCUT2D eigenvalue weighted by Gasteiger charge is 2.27. The second kappa shape index (κ2) is 7.86. The highest BCUT2D eigenvalue weighted by atomic mass is 16.7. The molecule has 1 saturated heterocycles. The molecule has 2 N–H and O–H groups in total. The quantitative estimate of drug-likeness (QED) is 0.705. The SMILES string of the molecule is CC(=O)ONC(=O)N1CCC(=Cc2cc(C(C)(C)C)c(O)c(C(C)(C)C)c2)C1. The number of carbonyl (C=O) groups excluding carboxylic acids is 2. The average Bonchev–Trinajstić information content (AvgIpc) is 3.00. The lowest BCUT2D eigenvalue weighted by molar-refractivity contribution is -0.146. The lowest BCUT2D eigenvalue weighted by Gasteiger charge is -2.28. The van der Waals surface area contributed by atoms with E-state index in [-0.39, 0.29) is 10.8 Å². The van der Waals surface area contributed by atoms with Crippen molar-refractivity contribution in [2.45, 2.75) is 65.7 Å². The van der Waals surface area contributed by atoms with Crippen molar-refractivity contribution in [3.63, 3.8) is 0 Å². The van der Waals surface area contributed by atoms with Gasteiger partial charge in [-0.25, -0.2) is 4.79 Å². The van der Waals surface area contributed by atoms with Crippen LogP contribution in [0.3, 0.4) is 0 Å². The maximum absolute atomic E-state index is 12.0. The van der Waals surface area contributed by atoms with Crippen LogP contribution in [0.5, 0.6) is 5.75 Å². The molecule has 0 saturated carbocycles. The molecule has 0 bridgehead atoms. The van der Waals surface area contributed by atoms with Crippen molar-refractivity contribution < 1.29 is 19.5 Å². The van der Waals surface area contributed by atoms with E-state index in [1.807, 2.05) is 12.1 Å². The van der Waals surface area contributed by atoms with E-state index >= 15 is 0 Å². The Bertz CT molecular complexity index is 763. The fraction of sp³-hybridized carbons (Fsp3) is 0.545. The number of rotatable bonds is 1. The van der Waals surface area contributed by atoms with E-state index in [1.54, 1.807) is 4.90 Å². The van der Waals surface area contributed by atoms with E-state index in [9.17, 15) is 14.7 Å². The number of hydroxylamine groups is 1. The summed E-state index contributed by atoms with van der Waals surface area (Å²) in [6.07, 6.45) is 2.84. The van der Waals surface area contributed by atoms with E-state index in [0.717, 1.165) is 28.7 Å². The molecule has 28 heavy (non-hydrogen) atoms. The molecule has 0 spiro atoms. The van der Waals surface area contributed by atoms with Crippen LogP contribution in [0.4, 0.5) is 4.79 Å². The highest BCUT2D eigenvalue weighted by Crippen LogP contribution is 2.40. The van der Waals surface area contributed by atoms with E-state index in [4.69, 9.17) is 0 Å². The van der Waals surface area contributed by atoms with Crippen LogP contribution in [-0.2, 0) is 20.5 Å². The Hall–Kier alpha value is -2.50. The number of aromatic hydroxyl groups is 1. The molecule has 0 radical (unpaired) electrons. The van der Waals surface area contributed by atoms with Gasteiger partial charge in [-0.15, -0.1) is 0 Å². The second-order valence-corrected chi connectivity index (χ2v) is 9.44. The summed E-state index contributed by atoms with van der Waals surface area (Å²) in [7, 11) is 0. The van der Waals surface area contributed by atoms with E-state index in [0.29, 0.717) is 18.8 Å². The Morgan fingerprint density at radius 1 is 1.11 bits per heavy atom. The smallest absolute Gasteiger partial charge is 0.350 e. The third kappa shape index (κ3) is 5.27. The van der Waals surface area contributed by atoms with Gasteiger partial charge in [0, 0.05) is 31.1 Å². The molecule has 2 rings (SSSR count). The molecule has 2 amide bonds. The first kappa shape index (κ1) is 21.8. The van der Waals surface area contributed by atoms with Gasteiger partial charge in [-0.2, -0.15) is 5.48 Å². The van der Waals surface area contributed by atoms with Crippen molar-refractivity contribution in [2.75, 3.05) is 13.1 Å². The zero-order chi connectivity index (χ0) is 21.3. The molecule has 1 heterocycles. The van der Waals surface area contributed by atoms with Crippen molar-refractivity contribution in [1.29, 1.82) is 0 Å². The van der Waals surface area contributed by atoms with Gasteiger partial charge < -0.3 is 14.8 Å². The first-order chi connectivity index (χ1) is 12.8. The van der Waals surface area contributed by atoms with Crippen molar-refractivity contribution in [3.05, 3.63) is 34.4 Å². The maximum atomic E-state index is 12.0. The largest absolute Gasteiger partial charge is 0.507 e. The van der Waals surface area contributed by atoms with Gasteiger partial charge in [-0.1, -0.05) is 47.6 Å². The number of phenolic OH excluding ortho intramolecular Hbond substituents is 1. The van der Waals surface area contributed by atoms with Gasteiger partial charge in [0.1, 0.15) is 5.75 Å². The zero-order valence-corrected chi connectivity index (χ0v) is 18.0. The molecule has 0 aromatic heterocycles. The molecule has 6 heteroatoms. The van der Waals surface area contributed by atoms with Crippen LogP contribution in [0.15, 0.2) is 17.7 Å². The Morgan fingerprint density at radius 3 is 2.11 bits per heavy atom. The Kier molecular flexibility index (Phi) is 6.12. The summed E-state index contributed by atoms with van der Waals surface area (Å²) in [6, 6.07) is 3.63. The number of phenols is 1. The number of hydrogen-bond donors (Lipinski definition) is 2. The van der Waals surface area contributed by atoms with Crippen LogP contribution in [-0.4, -0.2) is 35.1 Å². The summed E-state index contributed by atoms with van der Waals surface area (Å²) in [4.78, 5) is 29.0. The second-order valence-electron chi connectivity index (χ2n) is 9.44. The molecule has 1 aromatic carbocycles. The third-order valence-corrected chi connectivity index (χ3v) is 4.79. The molecule has 1 aliphatic heterocycles. The predicted molar refractivity (Wildman–Crippen MR) is 110 cm³/mol. The number of nitrogens with zero attached hydrogens (tertiary/aromatic N) is 1. The molecule has 154 valence electrons. The minimum absolute atomic E-state index is 0.190. The van der Waals surface area contributed by atoms with Crippen molar-refractivity contribution in [2.24, 2.45) is 0 Å². The summed E-state index contributed by atoms with van der Waals surface area (Å²) < 4.78 is 0. The molecule has 1 aromatic rings. The Labute approximate surface area is 167 Å². The molecule has 0 aliphatic carbocycles. The first-order valence-corrected chi connectivity index (χ1v) is 9.59. The van der Waals surface area contributed by atoms with Gasteiger partial charge in [-0.05, 0) is 40.5 Å². The van der Waals surface area contributed by atoms with Crippen LogP contribution < -0.4 is 5.48 Å². The van der Waals surface area contributed by atoms with Crippen LogP contribution in [0, 0.1) is 0 Å². The van der Waals surface area contributed by atoms with E-state index < -0.39 is 12.0 Å². The molecule has 0 unspecified atom stereocenters. The van der Waals surface area contributed by atoms with E-state index in [1.165, 1.54) is 6.92 Å². The number of hydrogen-bond acceptors (Lipinski definition) is 4. The standard InChI is InChI=1S/C22H32N2O4/c1-14(25)28-23-20(27)24-9-8-15(13-24)10-16-11-17(21(2,3)4)19(26)18(12-16)22(5,6)7/h10-12,26H,8-9,13H2,1-7H3,(H,23,27). The van der Waals surface area contributed by atoms with Crippen LogP contribution >= 0.6 is 0 Å². The fourth-order valence-electron chi connectivity index (χ4n) is 3.27. The van der Waals surface area contributed by atoms with Gasteiger partial charge in [0.25, 0.3) is 0 Å². The molecule has 1 fully saturated rings. The number of carbonyl (C=O) groups is 2. The van der Waals surface area contributed by atoms with Crippen molar-refractivity contribution in [3.8, 4) is 5.75 Å². The zero-order valence-electron chi connectivity index (χ0n) is 18.0. The fourth-order valence-corrected chi connectivity index (χ4v) is 3.27. The summed E-state index contributed by atoms with van der Waals surface area (Å²) >= 11 is 0. The summed E-state index contributed by atoms with van der Waals surface area (Å²) in [5.74, 6) is -0.201. The normalized spacial score (nSPS) is 16.4. The van der Waals surface area contributed by atoms with Gasteiger partial charge in [-0.3, -0.25) is 4.79 Å². The molecular formula is C22H32N2O4. The number of amides is 2. The molecular weight excluding hydrogens is 356 g/mol. The van der Waals surface area contributed by atoms with Crippen LogP contribution in [0.25, 0.3) is 6.08 Å². The van der Waals surface area contributed by atoms with E-state index in [2.05, 4.69) is 57.9 Å². The monoisotopic (exact) mass is 388 g/mol. The summed E-state index contributed by atoms with van der Waals surface area (Å²) in [5, 5.41) is 10.8. The first-order valence-electron chi connectivity index (χ1n) is 9.59. The van der Waals surface area contributed by atoms with Crippen LogP contribution in [0.2, 0.25) is 0 Å². The Balaban J connectivity index is 2.31. The molecule has 1 aliphatic rings. The lowest BCUT2D eigenvalue weighted by atomic mass is 9.78. The van der Waals surface area contributed by atoms with Gasteiger partial charge in [0.05, 0.1) is 0 Å². The van der Waals surface area contributed by atoms with Gasteiger partial charge >= 0.3 is 12.0 Å². The predicted octanol–water partition coefficient (Wildman–Crippen LogP) is 4.26. The average molecular weight is 389 g/mol. The van der Waals surface area contributed by atoms with Gasteiger partial charge in [0.15, 0.2) is 0 Å². The van der Waals surface area contributed by atoms with Crippen molar-refractivity contribution >= 4 is 18.1 Å². The Morgan fingerprint density at radius 2 is 1.64 bits per heavy atom. The summed E-state index contributed by atoms with van der Waals surface area (Å²) in [6.45, 7) is 14.8. The van der Waals surface area contributed by atoms with Gasteiger partial charge in [0.2, 0.25) is 0 Å². The van der Waals surface area contributed by atoms with Crippen molar-refractivity contribution in [1.82, 2.24) is 10.4 Å². The topological polar surface area (TPSA) is 78.9 Å². The summed E-state index contributed by atoms with van der Waals surface area (Å²) in [5.41, 5.74) is 5.73. The number of urea groups is 1. The number of likely N-dealkylation sites (tertiary alicyclic amines) is 1. The lowest BCUT2D eigenvalue weighted by Crippen LogP contribution is -2.38. The molecule has 6 nitrogen and oxygen atoms in total. The number of nitrogens with one attached hydrogen (secondary N) is 1. The maximum Gasteiger partial charge on any atom is 0.350 e. The van der Waals surface area contributed by atoms with Crippen LogP contribution in [0.1, 0.15) is 71.6 Å². The minimum atomic E-state index is -0.558. The molecule has 0 atom stereocenters. The number of benzene rings is 1. The third-order valence-electron chi connectivity index (χ3n) is 4.79. The minimum Gasteiger partial charge on any atom is -0.507 e.